The van der Waals surface area contributed by atoms with Crippen molar-refractivity contribution in [2.75, 3.05) is 20.3 Å². The van der Waals surface area contributed by atoms with Gasteiger partial charge in [0.05, 0.1) is 19.3 Å². The molecule has 0 bridgehead atoms. The van der Waals surface area contributed by atoms with Crippen molar-refractivity contribution in [2.24, 2.45) is 5.92 Å². The standard InChI is InChI=1S/C13H20O3/c1-4-16-12-7-5-6-11(8-12)13(14)10(2)9-15-3/h5-8,10,13-14H,4,9H2,1-3H3. The summed E-state index contributed by atoms with van der Waals surface area (Å²) in [5, 5.41) is 10.1. The van der Waals surface area contributed by atoms with Crippen LogP contribution in [-0.4, -0.2) is 25.4 Å². The molecule has 3 nitrogen and oxygen atoms in total. The Morgan fingerprint density at radius 1 is 1.38 bits per heavy atom. The molecule has 1 rings (SSSR count). The first-order valence-electron chi connectivity index (χ1n) is 5.58. The summed E-state index contributed by atoms with van der Waals surface area (Å²) in [5.41, 5.74) is 0.871. The van der Waals surface area contributed by atoms with E-state index in [2.05, 4.69) is 0 Å². The summed E-state index contributed by atoms with van der Waals surface area (Å²) in [5.74, 6) is 0.866. The van der Waals surface area contributed by atoms with Gasteiger partial charge in [0.15, 0.2) is 0 Å². The van der Waals surface area contributed by atoms with E-state index >= 15 is 0 Å². The Labute approximate surface area is 97.0 Å². The van der Waals surface area contributed by atoms with Gasteiger partial charge in [0.25, 0.3) is 0 Å². The van der Waals surface area contributed by atoms with Crippen LogP contribution in [0.4, 0.5) is 0 Å². The van der Waals surface area contributed by atoms with Crippen LogP contribution in [0, 0.1) is 5.92 Å². The molecule has 0 amide bonds. The molecule has 0 radical (unpaired) electrons. The van der Waals surface area contributed by atoms with E-state index in [1.807, 2.05) is 38.1 Å². The van der Waals surface area contributed by atoms with Crippen LogP contribution in [0.1, 0.15) is 25.5 Å². The highest BCUT2D eigenvalue weighted by atomic mass is 16.5. The molecule has 0 heterocycles. The molecule has 0 aliphatic carbocycles. The van der Waals surface area contributed by atoms with Crippen LogP contribution in [0.2, 0.25) is 0 Å². The largest absolute Gasteiger partial charge is 0.494 e. The van der Waals surface area contributed by atoms with E-state index in [1.54, 1.807) is 7.11 Å². The number of methoxy groups -OCH3 is 1. The van der Waals surface area contributed by atoms with Gasteiger partial charge < -0.3 is 14.6 Å². The smallest absolute Gasteiger partial charge is 0.119 e. The molecule has 0 aromatic heterocycles. The van der Waals surface area contributed by atoms with E-state index in [4.69, 9.17) is 9.47 Å². The first-order valence-corrected chi connectivity index (χ1v) is 5.58. The summed E-state index contributed by atoms with van der Waals surface area (Å²) < 4.78 is 10.4. The molecule has 0 aliphatic heterocycles. The van der Waals surface area contributed by atoms with Gasteiger partial charge in [0.1, 0.15) is 5.75 Å². The molecule has 0 fully saturated rings. The molecular weight excluding hydrogens is 204 g/mol. The van der Waals surface area contributed by atoms with Crippen molar-refractivity contribution in [1.82, 2.24) is 0 Å². The zero-order chi connectivity index (χ0) is 12.0. The summed E-state index contributed by atoms with van der Waals surface area (Å²) in [6.45, 7) is 5.07. The number of benzene rings is 1. The molecule has 90 valence electrons. The van der Waals surface area contributed by atoms with Gasteiger partial charge >= 0.3 is 0 Å². The van der Waals surface area contributed by atoms with Crippen LogP contribution >= 0.6 is 0 Å². The molecule has 1 aromatic carbocycles. The van der Waals surface area contributed by atoms with Gasteiger partial charge in [-0.2, -0.15) is 0 Å². The Morgan fingerprint density at radius 2 is 2.12 bits per heavy atom. The van der Waals surface area contributed by atoms with Crippen molar-refractivity contribution in [3.63, 3.8) is 0 Å². The molecule has 3 heteroatoms. The minimum Gasteiger partial charge on any atom is -0.494 e. The molecule has 2 atom stereocenters. The highest BCUT2D eigenvalue weighted by Crippen LogP contribution is 2.25. The van der Waals surface area contributed by atoms with Crippen LogP contribution < -0.4 is 4.74 Å². The van der Waals surface area contributed by atoms with Crippen LogP contribution in [0.15, 0.2) is 24.3 Å². The lowest BCUT2D eigenvalue weighted by molar-refractivity contribution is 0.0565. The number of hydrogen-bond donors (Lipinski definition) is 1. The quantitative estimate of drug-likeness (QED) is 0.806. The Hall–Kier alpha value is -1.06. The fourth-order valence-corrected chi connectivity index (χ4v) is 1.64. The third-order valence-corrected chi connectivity index (χ3v) is 2.48. The van der Waals surface area contributed by atoms with Gasteiger partial charge in [0.2, 0.25) is 0 Å². The zero-order valence-electron chi connectivity index (χ0n) is 10.1. The van der Waals surface area contributed by atoms with E-state index in [1.165, 1.54) is 0 Å². The lowest BCUT2D eigenvalue weighted by Crippen LogP contribution is -2.14. The Balaban J connectivity index is 2.74. The number of ether oxygens (including phenoxy) is 2. The van der Waals surface area contributed by atoms with Crippen molar-refractivity contribution >= 4 is 0 Å². The maximum absolute atomic E-state index is 10.1. The van der Waals surface area contributed by atoms with E-state index in [0.717, 1.165) is 11.3 Å². The minimum atomic E-state index is -0.514. The SMILES string of the molecule is CCOc1cccc(C(O)C(C)COC)c1. The third-order valence-electron chi connectivity index (χ3n) is 2.48. The van der Waals surface area contributed by atoms with E-state index in [9.17, 15) is 5.11 Å². The number of hydrogen-bond acceptors (Lipinski definition) is 3. The predicted octanol–water partition coefficient (Wildman–Crippen LogP) is 2.40. The van der Waals surface area contributed by atoms with Gasteiger partial charge in [-0.3, -0.25) is 0 Å². The second-order valence-corrected chi connectivity index (χ2v) is 3.88. The molecule has 0 saturated carbocycles. The molecular formula is C13H20O3. The Morgan fingerprint density at radius 3 is 2.75 bits per heavy atom. The van der Waals surface area contributed by atoms with Crippen molar-refractivity contribution in [1.29, 1.82) is 0 Å². The van der Waals surface area contributed by atoms with Gasteiger partial charge in [-0.15, -0.1) is 0 Å². The summed E-state index contributed by atoms with van der Waals surface area (Å²) in [7, 11) is 1.64. The normalized spacial score (nSPS) is 14.5. The molecule has 0 aliphatic rings. The molecule has 1 aromatic rings. The second kappa shape index (κ2) is 6.51. The average molecular weight is 224 g/mol. The predicted molar refractivity (Wildman–Crippen MR) is 63.6 cm³/mol. The van der Waals surface area contributed by atoms with E-state index in [0.29, 0.717) is 13.2 Å². The van der Waals surface area contributed by atoms with Crippen molar-refractivity contribution in [2.45, 2.75) is 20.0 Å². The maximum atomic E-state index is 10.1. The second-order valence-electron chi connectivity index (χ2n) is 3.88. The summed E-state index contributed by atoms with van der Waals surface area (Å²) in [4.78, 5) is 0. The Kier molecular flexibility index (Phi) is 5.29. The van der Waals surface area contributed by atoms with Gasteiger partial charge in [-0.25, -0.2) is 0 Å². The average Bonchev–Trinajstić information content (AvgIpc) is 2.29. The number of rotatable bonds is 6. The lowest BCUT2D eigenvalue weighted by atomic mass is 9.98. The van der Waals surface area contributed by atoms with Crippen LogP contribution in [0.5, 0.6) is 5.75 Å². The number of aliphatic hydroxyl groups is 1. The monoisotopic (exact) mass is 224 g/mol. The van der Waals surface area contributed by atoms with Gasteiger partial charge in [-0.1, -0.05) is 19.1 Å². The zero-order valence-corrected chi connectivity index (χ0v) is 10.1. The molecule has 16 heavy (non-hydrogen) atoms. The highest BCUT2D eigenvalue weighted by Gasteiger charge is 2.16. The van der Waals surface area contributed by atoms with E-state index < -0.39 is 6.10 Å². The fraction of sp³-hybridized carbons (Fsp3) is 0.538. The first-order chi connectivity index (χ1) is 7.69. The molecule has 2 unspecified atom stereocenters. The van der Waals surface area contributed by atoms with Gasteiger partial charge in [-0.05, 0) is 24.6 Å². The first kappa shape index (κ1) is 13.0. The Bertz CT molecular complexity index is 312. The number of aliphatic hydroxyl groups excluding tert-OH is 1. The summed E-state index contributed by atoms with van der Waals surface area (Å²) in [6, 6.07) is 7.56. The minimum absolute atomic E-state index is 0.0712. The summed E-state index contributed by atoms with van der Waals surface area (Å²) in [6.07, 6.45) is -0.514. The van der Waals surface area contributed by atoms with Crippen LogP contribution in [0.25, 0.3) is 0 Å². The highest BCUT2D eigenvalue weighted by molar-refractivity contribution is 5.30. The molecule has 0 saturated heterocycles. The fourth-order valence-electron chi connectivity index (χ4n) is 1.64. The van der Waals surface area contributed by atoms with Crippen molar-refractivity contribution in [3.8, 4) is 5.75 Å². The topological polar surface area (TPSA) is 38.7 Å². The molecule has 1 N–H and O–H groups in total. The van der Waals surface area contributed by atoms with Crippen molar-refractivity contribution in [3.05, 3.63) is 29.8 Å². The summed E-state index contributed by atoms with van der Waals surface area (Å²) >= 11 is 0. The van der Waals surface area contributed by atoms with Gasteiger partial charge in [0, 0.05) is 13.0 Å². The molecule has 0 spiro atoms. The lowest BCUT2D eigenvalue weighted by Gasteiger charge is -2.18. The van der Waals surface area contributed by atoms with Crippen LogP contribution in [-0.2, 0) is 4.74 Å². The van der Waals surface area contributed by atoms with Crippen molar-refractivity contribution < 1.29 is 14.6 Å². The maximum Gasteiger partial charge on any atom is 0.119 e. The van der Waals surface area contributed by atoms with E-state index in [-0.39, 0.29) is 5.92 Å². The third kappa shape index (κ3) is 3.51. The van der Waals surface area contributed by atoms with Crippen LogP contribution in [0.3, 0.4) is 0 Å².